The van der Waals surface area contributed by atoms with Crippen molar-refractivity contribution < 1.29 is 9.18 Å². The first kappa shape index (κ1) is 24.8. The van der Waals surface area contributed by atoms with E-state index in [9.17, 15) is 9.18 Å². The number of likely N-dealkylation sites (N-methyl/N-ethyl adjacent to an activating group) is 1. The van der Waals surface area contributed by atoms with Crippen LogP contribution in [0.1, 0.15) is 43.0 Å². The van der Waals surface area contributed by atoms with E-state index in [2.05, 4.69) is 52.1 Å². The van der Waals surface area contributed by atoms with Crippen molar-refractivity contribution in [3.05, 3.63) is 47.9 Å². The number of nitrogens with zero attached hydrogens (tertiary/aromatic N) is 9. The van der Waals surface area contributed by atoms with E-state index in [0.29, 0.717) is 17.0 Å². The number of Topliss-reactive ketones (excluding diaryl/α,β-unsaturated/α-hetero) is 1. The highest BCUT2D eigenvalue weighted by atomic mass is 19.1. The van der Waals surface area contributed by atoms with Gasteiger partial charge < -0.3 is 14.8 Å². The van der Waals surface area contributed by atoms with Crippen molar-refractivity contribution in [2.45, 2.75) is 33.4 Å². The number of pyridine rings is 1. The predicted molar refractivity (Wildman–Crippen MR) is 137 cm³/mol. The van der Waals surface area contributed by atoms with Crippen molar-refractivity contribution in [1.29, 1.82) is 0 Å². The third-order valence-corrected chi connectivity index (χ3v) is 6.29. The average Bonchev–Trinajstić information content (AvgIpc) is 3.27. The van der Waals surface area contributed by atoms with Crippen LogP contribution >= 0.6 is 0 Å². The van der Waals surface area contributed by atoms with Crippen LogP contribution in [-0.4, -0.2) is 83.3 Å². The zero-order valence-electron chi connectivity index (χ0n) is 21.3. The van der Waals surface area contributed by atoms with Crippen LogP contribution < -0.4 is 5.32 Å². The molecular weight excluding hydrogens is 475 g/mol. The highest BCUT2D eigenvalue weighted by Crippen LogP contribution is 2.24. The number of hydrogen-bond donors (Lipinski definition) is 1. The van der Waals surface area contributed by atoms with E-state index in [-0.39, 0.29) is 35.1 Å². The van der Waals surface area contributed by atoms with Gasteiger partial charge in [-0.15, -0.1) is 0 Å². The fourth-order valence-corrected chi connectivity index (χ4v) is 4.30. The molecule has 1 aliphatic rings. The molecule has 0 unspecified atom stereocenters. The van der Waals surface area contributed by atoms with Crippen LogP contribution in [0.3, 0.4) is 0 Å². The number of aromatic nitrogens is 7. The minimum Gasteiger partial charge on any atom is -0.309 e. The third-order valence-electron chi connectivity index (χ3n) is 6.29. The largest absolute Gasteiger partial charge is 0.309 e. The van der Waals surface area contributed by atoms with E-state index in [1.807, 2.05) is 32.2 Å². The second kappa shape index (κ2) is 10.2. The molecule has 0 atom stereocenters. The summed E-state index contributed by atoms with van der Waals surface area (Å²) in [7, 11) is 2.14. The Morgan fingerprint density at radius 3 is 2.49 bits per heavy atom. The van der Waals surface area contributed by atoms with Crippen molar-refractivity contribution in [3.8, 4) is 11.5 Å². The van der Waals surface area contributed by atoms with Crippen LogP contribution in [0.5, 0.6) is 0 Å². The fraction of sp³-hybridized carbons (Fsp3) is 0.400. The number of anilines is 2. The quantitative estimate of drug-likeness (QED) is 0.376. The summed E-state index contributed by atoms with van der Waals surface area (Å²) in [6.07, 6.45) is 4.36. The van der Waals surface area contributed by atoms with Crippen molar-refractivity contribution in [1.82, 2.24) is 44.3 Å². The monoisotopic (exact) mass is 504 g/mol. The number of carbonyl (C=O) groups excluding carboxylic acids is 1. The Balaban J connectivity index is 1.37. The van der Waals surface area contributed by atoms with Gasteiger partial charge in [-0.2, -0.15) is 0 Å². The molecule has 0 radical (unpaired) electrons. The number of imidazole rings is 1. The maximum Gasteiger partial charge on any atom is 0.229 e. The second-order valence-corrected chi connectivity index (χ2v) is 9.50. The summed E-state index contributed by atoms with van der Waals surface area (Å²) in [5.41, 5.74) is 1.95. The Kier molecular flexibility index (Phi) is 6.85. The molecule has 0 saturated carbocycles. The first-order valence-electron chi connectivity index (χ1n) is 12.2. The first-order valence-corrected chi connectivity index (χ1v) is 12.2. The fourth-order valence-electron chi connectivity index (χ4n) is 4.30. The van der Waals surface area contributed by atoms with Crippen LogP contribution in [0, 0.1) is 5.82 Å². The molecule has 1 N–H and O–H groups in total. The highest BCUT2D eigenvalue weighted by Gasteiger charge is 2.21. The molecule has 1 saturated heterocycles. The molecule has 0 bridgehead atoms. The SMILES string of the molecule is CC(=O)c1nc2cnc(-c3nc(Nc4ccc(CN5CCN(C)CC5)cn4)ncc3F)nc2n1C(C)C. The molecule has 1 aliphatic heterocycles. The summed E-state index contributed by atoms with van der Waals surface area (Å²) in [5, 5.41) is 3.03. The number of carbonyl (C=O) groups is 1. The molecule has 12 heteroatoms. The third kappa shape index (κ3) is 5.30. The lowest BCUT2D eigenvalue weighted by molar-refractivity contribution is 0.0998. The van der Waals surface area contributed by atoms with E-state index in [0.717, 1.165) is 44.5 Å². The van der Waals surface area contributed by atoms with E-state index >= 15 is 0 Å². The molecule has 4 aromatic rings. The molecule has 4 aromatic heterocycles. The molecule has 0 amide bonds. The summed E-state index contributed by atoms with van der Waals surface area (Å²) >= 11 is 0. The van der Waals surface area contributed by atoms with E-state index < -0.39 is 5.82 Å². The number of hydrogen-bond acceptors (Lipinski definition) is 10. The zero-order chi connectivity index (χ0) is 26.1. The number of rotatable bonds is 7. The van der Waals surface area contributed by atoms with Gasteiger partial charge in [-0.05, 0) is 32.5 Å². The van der Waals surface area contributed by atoms with Crippen LogP contribution in [-0.2, 0) is 6.54 Å². The van der Waals surface area contributed by atoms with Gasteiger partial charge in [0.25, 0.3) is 0 Å². The summed E-state index contributed by atoms with van der Waals surface area (Å²) in [6, 6.07) is 3.78. The normalized spacial score (nSPS) is 15.0. The van der Waals surface area contributed by atoms with Crippen molar-refractivity contribution in [3.63, 3.8) is 0 Å². The summed E-state index contributed by atoms with van der Waals surface area (Å²) in [6.45, 7) is 10.3. The van der Waals surface area contributed by atoms with Crippen molar-refractivity contribution in [2.24, 2.45) is 0 Å². The molecule has 5 rings (SSSR count). The Morgan fingerprint density at radius 1 is 1.03 bits per heavy atom. The van der Waals surface area contributed by atoms with Gasteiger partial charge in [0.15, 0.2) is 28.9 Å². The Labute approximate surface area is 213 Å². The van der Waals surface area contributed by atoms with Gasteiger partial charge >= 0.3 is 0 Å². The minimum absolute atomic E-state index is 0.0630. The summed E-state index contributed by atoms with van der Waals surface area (Å²) in [5.74, 6) is 0.214. The summed E-state index contributed by atoms with van der Waals surface area (Å²) in [4.78, 5) is 42.7. The maximum atomic E-state index is 14.8. The second-order valence-electron chi connectivity index (χ2n) is 9.50. The van der Waals surface area contributed by atoms with E-state index in [1.54, 1.807) is 4.57 Å². The van der Waals surface area contributed by atoms with Gasteiger partial charge in [-0.25, -0.2) is 34.3 Å². The van der Waals surface area contributed by atoms with Crippen molar-refractivity contribution in [2.75, 3.05) is 38.5 Å². The van der Waals surface area contributed by atoms with Gasteiger partial charge in [0, 0.05) is 51.9 Å². The van der Waals surface area contributed by atoms with Crippen LogP contribution in [0.25, 0.3) is 22.7 Å². The van der Waals surface area contributed by atoms with Crippen LogP contribution in [0.15, 0.2) is 30.7 Å². The molecule has 0 spiro atoms. The number of piperazine rings is 1. The van der Waals surface area contributed by atoms with Gasteiger partial charge in [0.05, 0.1) is 12.4 Å². The molecular formula is C25H29FN10O. The number of halogens is 1. The smallest absolute Gasteiger partial charge is 0.229 e. The molecule has 0 aromatic carbocycles. The van der Waals surface area contributed by atoms with E-state index in [1.165, 1.54) is 13.1 Å². The lowest BCUT2D eigenvalue weighted by Gasteiger charge is -2.32. The summed E-state index contributed by atoms with van der Waals surface area (Å²) < 4.78 is 16.5. The molecule has 0 aliphatic carbocycles. The highest BCUT2D eigenvalue weighted by molar-refractivity contribution is 5.94. The van der Waals surface area contributed by atoms with Gasteiger partial charge in [0.2, 0.25) is 5.95 Å². The Bertz CT molecular complexity index is 1430. The zero-order valence-corrected chi connectivity index (χ0v) is 21.3. The van der Waals surface area contributed by atoms with Crippen molar-refractivity contribution >= 4 is 28.7 Å². The maximum absolute atomic E-state index is 14.8. The molecule has 11 nitrogen and oxygen atoms in total. The Morgan fingerprint density at radius 2 is 1.81 bits per heavy atom. The number of nitrogens with one attached hydrogen (secondary N) is 1. The van der Waals surface area contributed by atoms with E-state index in [4.69, 9.17) is 0 Å². The van der Waals surface area contributed by atoms with Crippen LogP contribution in [0.2, 0.25) is 0 Å². The molecule has 5 heterocycles. The van der Waals surface area contributed by atoms with Crippen LogP contribution in [0.4, 0.5) is 16.2 Å². The number of ketones is 1. The van der Waals surface area contributed by atoms with Gasteiger partial charge in [-0.1, -0.05) is 6.07 Å². The molecule has 37 heavy (non-hydrogen) atoms. The lowest BCUT2D eigenvalue weighted by atomic mass is 10.2. The topological polar surface area (TPSA) is 118 Å². The Hall–Kier alpha value is -3.90. The minimum atomic E-state index is -0.664. The average molecular weight is 505 g/mol. The van der Waals surface area contributed by atoms with Gasteiger partial charge in [0.1, 0.15) is 17.0 Å². The predicted octanol–water partition coefficient (Wildman–Crippen LogP) is 3.09. The van der Waals surface area contributed by atoms with Gasteiger partial charge in [-0.3, -0.25) is 9.69 Å². The standard InChI is InChI=1S/C25H29FN10O/c1-15(2)36-23(16(3)37)30-19-13-28-22(33-24(19)36)21-18(26)12-29-25(32-21)31-20-6-5-17(11-27-20)14-35-9-7-34(4)8-10-35/h5-6,11-13,15H,7-10,14H2,1-4H3,(H,27,29,31,32). The lowest BCUT2D eigenvalue weighted by Crippen LogP contribution is -2.43. The molecule has 192 valence electrons. The number of fused-ring (bicyclic) bond motifs is 1. The first-order chi connectivity index (χ1) is 17.8. The molecule has 1 fully saturated rings.